The molecule has 0 spiro atoms. The van der Waals surface area contributed by atoms with Gasteiger partial charge in [0.25, 0.3) is 0 Å². The molecular formula is C11H15ClN4. The summed E-state index contributed by atoms with van der Waals surface area (Å²) in [5.74, 6) is 0. The molecular weight excluding hydrogens is 224 g/mol. The van der Waals surface area contributed by atoms with Crippen molar-refractivity contribution in [1.29, 1.82) is 0 Å². The maximum atomic E-state index is 6.05. The summed E-state index contributed by atoms with van der Waals surface area (Å²) in [6.07, 6.45) is 4.11. The van der Waals surface area contributed by atoms with Gasteiger partial charge in [-0.15, -0.1) is 12.4 Å². The van der Waals surface area contributed by atoms with E-state index in [1.807, 2.05) is 30.3 Å². The fourth-order valence-electron chi connectivity index (χ4n) is 1.49. The molecule has 1 atom stereocenters. The van der Waals surface area contributed by atoms with Gasteiger partial charge in [0.1, 0.15) is 12.7 Å². The molecule has 0 aliphatic carbocycles. The molecule has 86 valence electrons. The van der Waals surface area contributed by atoms with E-state index in [2.05, 4.69) is 10.1 Å². The van der Waals surface area contributed by atoms with Crippen molar-refractivity contribution in [2.24, 2.45) is 5.73 Å². The Morgan fingerprint density at radius 3 is 2.62 bits per heavy atom. The molecule has 16 heavy (non-hydrogen) atoms. The Kier molecular flexibility index (Phi) is 4.95. The van der Waals surface area contributed by atoms with E-state index in [1.165, 1.54) is 6.33 Å². The smallest absolute Gasteiger partial charge is 0.137 e. The zero-order valence-corrected chi connectivity index (χ0v) is 9.68. The largest absolute Gasteiger partial charge is 0.324 e. The van der Waals surface area contributed by atoms with Gasteiger partial charge in [-0.25, -0.2) is 4.98 Å². The van der Waals surface area contributed by atoms with Crippen LogP contribution >= 0.6 is 12.4 Å². The summed E-state index contributed by atoms with van der Waals surface area (Å²) >= 11 is 0. The van der Waals surface area contributed by atoms with Crippen molar-refractivity contribution in [3.63, 3.8) is 0 Å². The monoisotopic (exact) mass is 238 g/mol. The summed E-state index contributed by atoms with van der Waals surface area (Å²) in [5.41, 5.74) is 7.21. The molecule has 0 saturated heterocycles. The normalized spacial score (nSPS) is 11.8. The van der Waals surface area contributed by atoms with Crippen LogP contribution in [-0.4, -0.2) is 14.8 Å². The number of hydrogen-bond donors (Lipinski definition) is 1. The van der Waals surface area contributed by atoms with Gasteiger partial charge >= 0.3 is 0 Å². The van der Waals surface area contributed by atoms with Gasteiger partial charge in [-0.1, -0.05) is 30.3 Å². The topological polar surface area (TPSA) is 56.7 Å². The molecule has 2 N–H and O–H groups in total. The van der Waals surface area contributed by atoms with E-state index in [1.54, 1.807) is 11.0 Å². The van der Waals surface area contributed by atoms with Crippen molar-refractivity contribution in [2.45, 2.75) is 19.0 Å². The third-order valence-electron chi connectivity index (χ3n) is 2.36. The highest BCUT2D eigenvalue weighted by Crippen LogP contribution is 2.13. The van der Waals surface area contributed by atoms with E-state index in [9.17, 15) is 0 Å². The highest BCUT2D eigenvalue weighted by atomic mass is 35.5. The number of benzene rings is 1. The molecule has 0 bridgehead atoms. The highest BCUT2D eigenvalue weighted by molar-refractivity contribution is 5.85. The highest BCUT2D eigenvalue weighted by Gasteiger charge is 2.04. The van der Waals surface area contributed by atoms with Crippen LogP contribution in [0.5, 0.6) is 0 Å². The second-order valence-corrected chi connectivity index (χ2v) is 3.46. The fourth-order valence-corrected chi connectivity index (χ4v) is 1.49. The van der Waals surface area contributed by atoms with Crippen LogP contribution in [0, 0.1) is 0 Å². The van der Waals surface area contributed by atoms with Crippen molar-refractivity contribution in [2.75, 3.05) is 0 Å². The van der Waals surface area contributed by atoms with E-state index < -0.39 is 0 Å². The predicted molar refractivity (Wildman–Crippen MR) is 65.3 cm³/mol. The van der Waals surface area contributed by atoms with Crippen LogP contribution in [0.4, 0.5) is 0 Å². The summed E-state index contributed by atoms with van der Waals surface area (Å²) in [6.45, 7) is 0.802. The molecule has 2 rings (SSSR count). The van der Waals surface area contributed by atoms with Crippen molar-refractivity contribution >= 4 is 12.4 Å². The molecule has 1 heterocycles. The first-order valence-electron chi connectivity index (χ1n) is 4.99. The van der Waals surface area contributed by atoms with Gasteiger partial charge < -0.3 is 5.73 Å². The van der Waals surface area contributed by atoms with Gasteiger partial charge in [0.05, 0.1) is 0 Å². The van der Waals surface area contributed by atoms with Crippen LogP contribution in [0.3, 0.4) is 0 Å². The lowest BCUT2D eigenvalue weighted by Crippen LogP contribution is -2.13. The molecule has 0 radical (unpaired) electrons. The SMILES string of the molecule is Cl.NC(CCn1cncn1)c1ccccc1. The molecule has 5 heteroatoms. The van der Waals surface area contributed by atoms with Crippen LogP contribution in [0.15, 0.2) is 43.0 Å². The van der Waals surface area contributed by atoms with Gasteiger partial charge in [0, 0.05) is 12.6 Å². The second-order valence-electron chi connectivity index (χ2n) is 3.46. The quantitative estimate of drug-likeness (QED) is 0.884. The van der Waals surface area contributed by atoms with Gasteiger partial charge in [-0.3, -0.25) is 4.68 Å². The third-order valence-corrected chi connectivity index (χ3v) is 2.36. The van der Waals surface area contributed by atoms with Gasteiger partial charge in [-0.05, 0) is 12.0 Å². The number of aryl methyl sites for hydroxylation is 1. The van der Waals surface area contributed by atoms with Gasteiger partial charge in [-0.2, -0.15) is 5.10 Å². The minimum absolute atomic E-state index is 0. The Bertz CT molecular complexity index is 388. The van der Waals surface area contributed by atoms with E-state index in [-0.39, 0.29) is 18.4 Å². The van der Waals surface area contributed by atoms with Crippen molar-refractivity contribution in [3.8, 4) is 0 Å². The van der Waals surface area contributed by atoms with Crippen molar-refractivity contribution in [3.05, 3.63) is 48.5 Å². The number of halogens is 1. The van der Waals surface area contributed by atoms with E-state index in [4.69, 9.17) is 5.73 Å². The molecule has 0 fully saturated rings. The molecule has 1 aromatic heterocycles. The average Bonchev–Trinajstić information content (AvgIpc) is 2.80. The van der Waals surface area contributed by atoms with E-state index >= 15 is 0 Å². The minimum Gasteiger partial charge on any atom is -0.324 e. The molecule has 4 nitrogen and oxygen atoms in total. The van der Waals surface area contributed by atoms with Crippen LogP contribution < -0.4 is 5.73 Å². The molecule has 0 amide bonds. The Morgan fingerprint density at radius 2 is 2.00 bits per heavy atom. The Morgan fingerprint density at radius 1 is 1.25 bits per heavy atom. The van der Waals surface area contributed by atoms with Crippen LogP contribution in [0.25, 0.3) is 0 Å². The maximum absolute atomic E-state index is 6.05. The van der Waals surface area contributed by atoms with Crippen molar-refractivity contribution < 1.29 is 0 Å². The summed E-state index contributed by atoms with van der Waals surface area (Å²) in [4.78, 5) is 3.88. The van der Waals surface area contributed by atoms with Crippen LogP contribution in [-0.2, 0) is 6.54 Å². The summed E-state index contributed by atoms with van der Waals surface area (Å²) in [5, 5.41) is 4.03. The molecule has 2 aromatic rings. The molecule has 1 unspecified atom stereocenters. The first-order valence-corrected chi connectivity index (χ1v) is 4.99. The molecule has 1 aromatic carbocycles. The second kappa shape index (κ2) is 6.25. The lowest BCUT2D eigenvalue weighted by atomic mass is 10.1. The first kappa shape index (κ1) is 12.7. The Labute approximate surface area is 101 Å². The average molecular weight is 239 g/mol. The van der Waals surface area contributed by atoms with Crippen molar-refractivity contribution in [1.82, 2.24) is 14.8 Å². The number of nitrogens with zero attached hydrogens (tertiary/aromatic N) is 3. The summed E-state index contributed by atoms with van der Waals surface area (Å²) in [7, 11) is 0. The number of nitrogens with two attached hydrogens (primary N) is 1. The number of aromatic nitrogens is 3. The standard InChI is InChI=1S/C11H14N4.ClH/c12-11(10-4-2-1-3-5-10)6-7-15-9-13-8-14-15;/h1-5,8-9,11H,6-7,12H2;1H. The van der Waals surface area contributed by atoms with E-state index in [0.29, 0.717) is 0 Å². The summed E-state index contributed by atoms with van der Waals surface area (Å²) in [6, 6.07) is 10.2. The van der Waals surface area contributed by atoms with Crippen LogP contribution in [0.1, 0.15) is 18.0 Å². The lowest BCUT2D eigenvalue weighted by molar-refractivity contribution is 0.521. The predicted octanol–water partition coefficient (Wildman–Crippen LogP) is 1.79. The third kappa shape index (κ3) is 3.32. The van der Waals surface area contributed by atoms with Gasteiger partial charge in [0.2, 0.25) is 0 Å². The molecule has 0 aliphatic rings. The minimum atomic E-state index is 0. The summed E-state index contributed by atoms with van der Waals surface area (Å²) < 4.78 is 1.79. The zero-order valence-electron chi connectivity index (χ0n) is 8.86. The number of rotatable bonds is 4. The first-order chi connectivity index (χ1) is 7.36. The fraction of sp³-hybridized carbons (Fsp3) is 0.273. The lowest BCUT2D eigenvalue weighted by Gasteiger charge is -2.11. The van der Waals surface area contributed by atoms with E-state index in [0.717, 1.165) is 18.5 Å². The van der Waals surface area contributed by atoms with Crippen LogP contribution in [0.2, 0.25) is 0 Å². The Hall–Kier alpha value is -1.39. The zero-order chi connectivity index (χ0) is 10.5. The maximum Gasteiger partial charge on any atom is 0.137 e. The Balaban J connectivity index is 0.00000128. The number of hydrogen-bond acceptors (Lipinski definition) is 3. The molecule has 0 saturated carbocycles. The molecule has 0 aliphatic heterocycles. The van der Waals surface area contributed by atoms with Gasteiger partial charge in [0.15, 0.2) is 0 Å².